The Balaban J connectivity index is 1.50. The molecule has 2 heterocycles. The molecule has 0 atom stereocenters. The fourth-order valence-electron chi connectivity index (χ4n) is 3.60. The second-order valence-electron chi connectivity index (χ2n) is 6.85. The molecule has 23 heavy (non-hydrogen) atoms. The van der Waals surface area contributed by atoms with Gasteiger partial charge in [-0.25, -0.2) is 0 Å². The van der Waals surface area contributed by atoms with Crippen LogP contribution in [0.3, 0.4) is 0 Å². The standard InChI is InChI=1S/C18H21NO4/c1-22-13-4-5-16-14(10-13)15(20)11-18(23-16)6-8-19(9-7-18)17(21)12-2-3-12/h4-5,10,12H,2-3,6-9,11H2,1H3. The molecule has 5 heteroatoms. The van der Waals surface area contributed by atoms with Crippen LogP contribution in [0, 0.1) is 5.92 Å². The van der Waals surface area contributed by atoms with Gasteiger partial charge >= 0.3 is 0 Å². The molecule has 2 aliphatic heterocycles. The van der Waals surface area contributed by atoms with Crippen LogP contribution in [0.4, 0.5) is 0 Å². The summed E-state index contributed by atoms with van der Waals surface area (Å²) in [5.41, 5.74) is 0.158. The monoisotopic (exact) mass is 315 g/mol. The van der Waals surface area contributed by atoms with E-state index in [1.54, 1.807) is 13.2 Å². The molecule has 1 saturated carbocycles. The van der Waals surface area contributed by atoms with Crippen molar-refractivity contribution in [1.29, 1.82) is 0 Å². The number of ether oxygens (including phenoxy) is 2. The molecule has 1 aliphatic carbocycles. The van der Waals surface area contributed by atoms with Gasteiger partial charge in [-0.3, -0.25) is 9.59 Å². The molecule has 0 bridgehead atoms. The van der Waals surface area contributed by atoms with Crippen LogP contribution in [0.15, 0.2) is 18.2 Å². The van der Waals surface area contributed by atoms with Gasteiger partial charge in [-0.2, -0.15) is 0 Å². The lowest BCUT2D eigenvalue weighted by atomic mass is 9.82. The first-order valence-corrected chi connectivity index (χ1v) is 8.29. The van der Waals surface area contributed by atoms with Gasteiger partial charge in [0.25, 0.3) is 0 Å². The van der Waals surface area contributed by atoms with Crippen molar-refractivity contribution in [1.82, 2.24) is 4.90 Å². The number of ketones is 1. The number of hydrogen-bond donors (Lipinski definition) is 0. The average Bonchev–Trinajstić information content (AvgIpc) is 3.40. The molecule has 4 rings (SSSR count). The number of fused-ring (bicyclic) bond motifs is 1. The number of amides is 1. The van der Waals surface area contributed by atoms with Gasteiger partial charge in [-0.15, -0.1) is 0 Å². The minimum Gasteiger partial charge on any atom is -0.497 e. The number of carbonyl (C=O) groups excluding carboxylic acids is 2. The van der Waals surface area contributed by atoms with Crippen molar-refractivity contribution in [2.24, 2.45) is 5.92 Å². The molecule has 0 unspecified atom stereocenters. The highest BCUT2D eigenvalue weighted by atomic mass is 16.5. The first-order chi connectivity index (χ1) is 11.1. The maximum Gasteiger partial charge on any atom is 0.225 e. The minimum atomic E-state index is -0.445. The SMILES string of the molecule is COc1ccc2c(c1)C(=O)CC1(CCN(C(=O)C3CC3)CC1)O2. The van der Waals surface area contributed by atoms with Crippen LogP contribution in [0.1, 0.15) is 42.5 Å². The molecular formula is C18H21NO4. The summed E-state index contributed by atoms with van der Waals surface area (Å²) < 4.78 is 11.4. The molecule has 3 aliphatic rings. The molecule has 0 radical (unpaired) electrons. The van der Waals surface area contributed by atoms with E-state index >= 15 is 0 Å². The number of carbonyl (C=O) groups is 2. The maximum absolute atomic E-state index is 12.5. The van der Waals surface area contributed by atoms with E-state index in [9.17, 15) is 9.59 Å². The highest BCUT2D eigenvalue weighted by Crippen LogP contribution is 2.41. The van der Waals surface area contributed by atoms with E-state index in [-0.39, 0.29) is 17.6 Å². The predicted molar refractivity (Wildman–Crippen MR) is 83.8 cm³/mol. The number of nitrogens with zero attached hydrogens (tertiary/aromatic N) is 1. The number of likely N-dealkylation sites (tertiary alicyclic amines) is 1. The molecule has 1 aromatic rings. The van der Waals surface area contributed by atoms with Crippen molar-refractivity contribution < 1.29 is 19.1 Å². The normalized spacial score (nSPS) is 22.5. The van der Waals surface area contributed by atoms with E-state index in [1.165, 1.54) is 0 Å². The molecule has 0 N–H and O–H groups in total. The summed E-state index contributed by atoms with van der Waals surface area (Å²) in [6.07, 6.45) is 3.90. The Morgan fingerprint density at radius 2 is 2.04 bits per heavy atom. The average molecular weight is 315 g/mol. The van der Waals surface area contributed by atoms with Gasteiger partial charge in [0.1, 0.15) is 17.1 Å². The summed E-state index contributed by atoms with van der Waals surface area (Å²) in [5, 5.41) is 0. The first-order valence-electron chi connectivity index (χ1n) is 8.29. The third-order valence-corrected chi connectivity index (χ3v) is 5.21. The van der Waals surface area contributed by atoms with E-state index in [0.717, 1.165) is 25.7 Å². The highest BCUT2D eigenvalue weighted by Gasteiger charge is 2.45. The second-order valence-corrected chi connectivity index (χ2v) is 6.85. The Kier molecular flexibility index (Phi) is 3.32. The number of methoxy groups -OCH3 is 1. The van der Waals surface area contributed by atoms with Crippen molar-refractivity contribution >= 4 is 11.7 Å². The molecule has 5 nitrogen and oxygen atoms in total. The summed E-state index contributed by atoms with van der Waals surface area (Å²) in [6.45, 7) is 1.38. The molecule has 1 saturated heterocycles. The molecule has 0 aromatic heterocycles. The van der Waals surface area contributed by atoms with Crippen LogP contribution in [0.25, 0.3) is 0 Å². The largest absolute Gasteiger partial charge is 0.497 e. The zero-order valence-electron chi connectivity index (χ0n) is 13.3. The zero-order valence-corrected chi connectivity index (χ0v) is 13.3. The Morgan fingerprint density at radius 1 is 1.30 bits per heavy atom. The topological polar surface area (TPSA) is 55.8 Å². The van der Waals surface area contributed by atoms with E-state index in [1.807, 2.05) is 17.0 Å². The summed E-state index contributed by atoms with van der Waals surface area (Å²) in [7, 11) is 1.59. The van der Waals surface area contributed by atoms with Gasteiger partial charge in [0.05, 0.1) is 19.1 Å². The summed E-state index contributed by atoms with van der Waals surface area (Å²) in [5.74, 6) is 1.95. The third kappa shape index (κ3) is 2.58. The van der Waals surface area contributed by atoms with Crippen LogP contribution in [0.2, 0.25) is 0 Å². The lowest BCUT2D eigenvalue weighted by Gasteiger charge is -2.44. The zero-order chi connectivity index (χ0) is 16.0. The van der Waals surface area contributed by atoms with Crippen molar-refractivity contribution in [2.75, 3.05) is 20.2 Å². The molecule has 1 aromatic carbocycles. The van der Waals surface area contributed by atoms with Gasteiger partial charge < -0.3 is 14.4 Å². The Morgan fingerprint density at radius 3 is 2.70 bits per heavy atom. The third-order valence-electron chi connectivity index (χ3n) is 5.21. The lowest BCUT2D eigenvalue weighted by Crippen LogP contribution is -2.52. The summed E-state index contributed by atoms with van der Waals surface area (Å²) in [6, 6.07) is 5.38. The summed E-state index contributed by atoms with van der Waals surface area (Å²) >= 11 is 0. The number of benzene rings is 1. The lowest BCUT2D eigenvalue weighted by molar-refractivity contribution is -0.136. The Labute approximate surface area is 135 Å². The van der Waals surface area contributed by atoms with Gasteiger partial charge in [0.2, 0.25) is 5.91 Å². The fraction of sp³-hybridized carbons (Fsp3) is 0.556. The first kappa shape index (κ1) is 14.5. The number of hydrogen-bond acceptors (Lipinski definition) is 4. The van der Waals surface area contributed by atoms with E-state index in [2.05, 4.69) is 0 Å². The van der Waals surface area contributed by atoms with Crippen molar-refractivity contribution in [3.63, 3.8) is 0 Å². The maximum atomic E-state index is 12.5. The van der Waals surface area contributed by atoms with Crippen LogP contribution in [-0.4, -0.2) is 42.4 Å². The number of Topliss-reactive ketones (excluding diaryl/α,β-unsaturated/α-hetero) is 1. The van der Waals surface area contributed by atoms with Gasteiger partial charge in [-0.1, -0.05) is 0 Å². The predicted octanol–water partition coefficient (Wildman–Crippen LogP) is 2.43. The van der Waals surface area contributed by atoms with Crippen LogP contribution in [0.5, 0.6) is 11.5 Å². The molecule has 122 valence electrons. The van der Waals surface area contributed by atoms with Gasteiger partial charge in [-0.05, 0) is 31.0 Å². The van der Waals surface area contributed by atoms with Crippen molar-refractivity contribution in [3.05, 3.63) is 23.8 Å². The second kappa shape index (κ2) is 5.25. The molecule has 1 amide bonds. The quantitative estimate of drug-likeness (QED) is 0.841. The van der Waals surface area contributed by atoms with E-state index in [4.69, 9.17) is 9.47 Å². The van der Waals surface area contributed by atoms with E-state index < -0.39 is 5.60 Å². The highest BCUT2D eigenvalue weighted by molar-refractivity contribution is 6.00. The summed E-state index contributed by atoms with van der Waals surface area (Å²) in [4.78, 5) is 26.7. The van der Waals surface area contributed by atoms with E-state index in [0.29, 0.717) is 36.6 Å². The Bertz CT molecular complexity index is 657. The number of rotatable bonds is 2. The van der Waals surface area contributed by atoms with Gasteiger partial charge in [0.15, 0.2) is 5.78 Å². The van der Waals surface area contributed by atoms with Crippen molar-refractivity contribution in [3.8, 4) is 11.5 Å². The Hall–Kier alpha value is -2.04. The smallest absolute Gasteiger partial charge is 0.225 e. The van der Waals surface area contributed by atoms with Gasteiger partial charge in [0, 0.05) is 31.8 Å². The van der Waals surface area contributed by atoms with Crippen LogP contribution < -0.4 is 9.47 Å². The van der Waals surface area contributed by atoms with Crippen LogP contribution >= 0.6 is 0 Å². The number of piperidine rings is 1. The molecular weight excluding hydrogens is 294 g/mol. The van der Waals surface area contributed by atoms with Crippen LogP contribution in [-0.2, 0) is 4.79 Å². The van der Waals surface area contributed by atoms with Crippen molar-refractivity contribution in [2.45, 2.75) is 37.7 Å². The molecule has 1 spiro atoms. The molecule has 2 fully saturated rings. The minimum absolute atomic E-state index is 0.104. The fourth-order valence-corrected chi connectivity index (χ4v) is 3.60.